The zero-order chi connectivity index (χ0) is 18.1. The normalized spacial score (nSPS) is 20.7. The lowest BCUT2D eigenvalue weighted by molar-refractivity contribution is -0.135. The summed E-state index contributed by atoms with van der Waals surface area (Å²) in [5.41, 5.74) is 1.94. The van der Waals surface area contributed by atoms with Crippen LogP contribution in [0.2, 0.25) is 0 Å². The van der Waals surface area contributed by atoms with Crippen molar-refractivity contribution in [2.75, 3.05) is 26.0 Å². The van der Waals surface area contributed by atoms with Crippen molar-refractivity contribution in [2.24, 2.45) is 0 Å². The highest BCUT2D eigenvalue weighted by atomic mass is 16.5. The molecule has 0 spiro atoms. The van der Waals surface area contributed by atoms with Crippen LogP contribution in [-0.4, -0.2) is 36.5 Å². The predicted molar refractivity (Wildman–Crippen MR) is 101 cm³/mol. The summed E-state index contributed by atoms with van der Waals surface area (Å²) in [5, 5.41) is 3.09. The molecule has 4 rings (SSSR count). The van der Waals surface area contributed by atoms with Crippen molar-refractivity contribution in [3.8, 4) is 5.75 Å². The number of likely N-dealkylation sites (tertiary alicyclic amines) is 1. The standard InChI is InChI=1S/C21H25N3O2/c1-22-19-14-15(9-12-23-19)18-4-3-13-24(18)20(25)21(10-11-21)16-5-7-17(26-2)8-6-16/h5-9,12,14,18H,3-4,10-11,13H2,1-2H3,(H,22,23)/t18-/m1/s1. The molecule has 2 aromatic rings. The van der Waals surface area contributed by atoms with Gasteiger partial charge in [-0.3, -0.25) is 4.79 Å². The van der Waals surface area contributed by atoms with Gasteiger partial charge in [-0.2, -0.15) is 0 Å². The number of amides is 1. The number of hydrogen-bond donors (Lipinski definition) is 1. The van der Waals surface area contributed by atoms with Gasteiger partial charge in [0.15, 0.2) is 0 Å². The van der Waals surface area contributed by atoms with Gasteiger partial charge in [-0.15, -0.1) is 0 Å². The van der Waals surface area contributed by atoms with E-state index < -0.39 is 0 Å². The summed E-state index contributed by atoms with van der Waals surface area (Å²) in [6.45, 7) is 0.832. The highest BCUT2D eigenvalue weighted by Crippen LogP contribution is 2.51. The van der Waals surface area contributed by atoms with Crippen LogP contribution in [0.5, 0.6) is 5.75 Å². The molecular weight excluding hydrogens is 326 g/mol. The Hall–Kier alpha value is -2.56. The predicted octanol–water partition coefficient (Wildman–Crippen LogP) is 3.53. The molecule has 0 bridgehead atoms. The van der Waals surface area contributed by atoms with Crippen LogP contribution in [0.3, 0.4) is 0 Å². The molecule has 1 aromatic carbocycles. The van der Waals surface area contributed by atoms with Gasteiger partial charge in [-0.05, 0) is 61.1 Å². The topological polar surface area (TPSA) is 54.5 Å². The van der Waals surface area contributed by atoms with E-state index in [1.54, 1.807) is 7.11 Å². The van der Waals surface area contributed by atoms with Crippen LogP contribution in [-0.2, 0) is 10.2 Å². The summed E-state index contributed by atoms with van der Waals surface area (Å²) < 4.78 is 5.25. The van der Waals surface area contributed by atoms with Crippen LogP contribution >= 0.6 is 0 Å². The summed E-state index contributed by atoms with van der Waals surface area (Å²) in [6, 6.07) is 12.2. The van der Waals surface area contributed by atoms with E-state index in [-0.39, 0.29) is 17.4 Å². The van der Waals surface area contributed by atoms with Gasteiger partial charge in [0.1, 0.15) is 11.6 Å². The smallest absolute Gasteiger partial charge is 0.233 e. The fourth-order valence-electron chi connectivity index (χ4n) is 4.08. The number of carbonyl (C=O) groups excluding carboxylic acids is 1. The zero-order valence-corrected chi connectivity index (χ0v) is 15.4. The minimum Gasteiger partial charge on any atom is -0.497 e. The summed E-state index contributed by atoms with van der Waals surface area (Å²) in [5.74, 6) is 1.94. The summed E-state index contributed by atoms with van der Waals surface area (Å²) >= 11 is 0. The minimum atomic E-state index is -0.340. The third-order valence-corrected chi connectivity index (χ3v) is 5.74. The molecule has 0 radical (unpaired) electrons. The van der Waals surface area contributed by atoms with Crippen molar-refractivity contribution >= 4 is 11.7 Å². The number of anilines is 1. The number of methoxy groups -OCH3 is 1. The molecule has 1 atom stereocenters. The molecule has 1 saturated heterocycles. The second kappa shape index (κ2) is 6.63. The summed E-state index contributed by atoms with van der Waals surface area (Å²) in [4.78, 5) is 19.9. The Kier molecular flexibility index (Phi) is 4.31. The van der Waals surface area contributed by atoms with Gasteiger partial charge in [0.25, 0.3) is 0 Å². The molecule has 1 aliphatic carbocycles. The number of ether oxygens (including phenoxy) is 1. The van der Waals surface area contributed by atoms with Crippen molar-refractivity contribution in [3.63, 3.8) is 0 Å². The number of pyridine rings is 1. The van der Waals surface area contributed by atoms with Gasteiger partial charge in [0.05, 0.1) is 18.6 Å². The number of nitrogens with zero attached hydrogens (tertiary/aromatic N) is 2. The molecule has 5 nitrogen and oxygen atoms in total. The molecule has 0 unspecified atom stereocenters. The van der Waals surface area contributed by atoms with E-state index in [0.29, 0.717) is 0 Å². The Labute approximate surface area is 154 Å². The van der Waals surface area contributed by atoms with Crippen molar-refractivity contribution in [3.05, 3.63) is 53.7 Å². The number of rotatable bonds is 5. The first-order chi connectivity index (χ1) is 12.7. The molecule has 2 fully saturated rings. The van der Waals surface area contributed by atoms with Crippen molar-refractivity contribution in [1.29, 1.82) is 0 Å². The van der Waals surface area contributed by atoms with Crippen LogP contribution in [0.1, 0.15) is 42.9 Å². The Morgan fingerprint density at radius 1 is 1.27 bits per heavy atom. The SMILES string of the molecule is CNc1cc([C@H]2CCCN2C(=O)C2(c3ccc(OC)cc3)CC2)ccn1. The average Bonchev–Trinajstić information content (AvgIpc) is 3.37. The molecule has 1 amide bonds. The molecule has 5 heteroatoms. The van der Waals surface area contributed by atoms with E-state index in [1.807, 2.05) is 43.6 Å². The Bertz CT molecular complexity index is 799. The van der Waals surface area contributed by atoms with Gasteiger partial charge in [-0.25, -0.2) is 4.98 Å². The largest absolute Gasteiger partial charge is 0.497 e. The van der Waals surface area contributed by atoms with E-state index in [0.717, 1.165) is 49.4 Å². The number of benzene rings is 1. The molecule has 2 aliphatic rings. The molecule has 1 aromatic heterocycles. The van der Waals surface area contributed by atoms with Crippen LogP contribution < -0.4 is 10.1 Å². The van der Waals surface area contributed by atoms with E-state index in [2.05, 4.69) is 21.3 Å². The fourth-order valence-corrected chi connectivity index (χ4v) is 4.08. The number of hydrogen-bond acceptors (Lipinski definition) is 4. The van der Waals surface area contributed by atoms with E-state index in [9.17, 15) is 4.79 Å². The molecule has 1 N–H and O–H groups in total. The molecule has 26 heavy (non-hydrogen) atoms. The van der Waals surface area contributed by atoms with Gasteiger partial charge in [0, 0.05) is 19.8 Å². The highest BCUT2D eigenvalue weighted by molar-refractivity contribution is 5.92. The maximum absolute atomic E-state index is 13.5. The monoisotopic (exact) mass is 351 g/mol. The van der Waals surface area contributed by atoms with Crippen LogP contribution in [0.25, 0.3) is 0 Å². The lowest BCUT2D eigenvalue weighted by Crippen LogP contribution is -2.38. The van der Waals surface area contributed by atoms with Crippen LogP contribution in [0, 0.1) is 0 Å². The molecular formula is C21H25N3O2. The number of carbonyl (C=O) groups is 1. The third-order valence-electron chi connectivity index (χ3n) is 5.74. The van der Waals surface area contributed by atoms with Gasteiger partial charge >= 0.3 is 0 Å². The van der Waals surface area contributed by atoms with E-state index >= 15 is 0 Å². The van der Waals surface area contributed by atoms with Gasteiger partial charge in [0.2, 0.25) is 5.91 Å². The molecule has 1 aliphatic heterocycles. The van der Waals surface area contributed by atoms with E-state index in [1.165, 1.54) is 5.56 Å². The van der Waals surface area contributed by atoms with Crippen molar-refractivity contribution < 1.29 is 9.53 Å². The maximum Gasteiger partial charge on any atom is 0.233 e. The fraction of sp³-hybridized carbons (Fsp3) is 0.429. The average molecular weight is 351 g/mol. The Morgan fingerprint density at radius 3 is 2.69 bits per heavy atom. The minimum absolute atomic E-state index is 0.147. The lowest BCUT2D eigenvalue weighted by atomic mass is 9.93. The molecule has 1 saturated carbocycles. The quantitative estimate of drug-likeness (QED) is 0.895. The maximum atomic E-state index is 13.5. The van der Waals surface area contributed by atoms with Crippen molar-refractivity contribution in [1.82, 2.24) is 9.88 Å². The second-order valence-electron chi connectivity index (χ2n) is 7.19. The van der Waals surface area contributed by atoms with Crippen LogP contribution in [0.15, 0.2) is 42.6 Å². The second-order valence-corrected chi connectivity index (χ2v) is 7.19. The first-order valence-corrected chi connectivity index (χ1v) is 9.27. The van der Waals surface area contributed by atoms with Crippen LogP contribution in [0.4, 0.5) is 5.82 Å². The molecule has 2 heterocycles. The number of nitrogens with one attached hydrogen (secondary N) is 1. The lowest BCUT2D eigenvalue weighted by Gasteiger charge is -2.29. The summed E-state index contributed by atoms with van der Waals surface area (Å²) in [7, 11) is 3.53. The van der Waals surface area contributed by atoms with E-state index in [4.69, 9.17) is 4.74 Å². The highest BCUT2D eigenvalue weighted by Gasteiger charge is 2.54. The van der Waals surface area contributed by atoms with Gasteiger partial charge in [-0.1, -0.05) is 12.1 Å². The first-order valence-electron chi connectivity index (χ1n) is 9.27. The number of aromatic nitrogens is 1. The Balaban J connectivity index is 1.60. The van der Waals surface area contributed by atoms with Crippen molar-refractivity contribution in [2.45, 2.75) is 37.1 Å². The summed E-state index contributed by atoms with van der Waals surface area (Å²) in [6.07, 6.45) is 5.74. The third kappa shape index (κ3) is 2.81. The molecule has 136 valence electrons. The van der Waals surface area contributed by atoms with Gasteiger partial charge < -0.3 is 15.0 Å². The first kappa shape index (κ1) is 16.9. The Morgan fingerprint density at radius 2 is 2.04 bits per heavy atom. The zero-order valence-electron chi connectivity index (χ0n) is 15.4.